The van der Waals surface area contributed by atoms with Crippen molar-refractivity contribution in [2.75, 3.05) is 18.6 Å². The van der Waals surface area contributed by atoms with E-state index in [-0.39, 0.29) is 5.82 Å². The first-order chi connectivity index (χ1) is 12.8. The van der Waals surface area contributed by atoms with E-state index < -0.39 is 0 Å². The Morgan fingerprint density at radius 3 is 2.65 bits per heavy atom. The van der Waals surface area contributed by atoms with Crippen LogP contribution in [-0.2, 0) is 6.42 Å². The van der Waals surface area contributed by atoms with Gasteiger partial charge in [0.25, 0.3) is 0 Å². The van der Waals surface area contributed by atoms with E-state index in [1.165, 1.54) is 36.8 Å². The fourth-order valence-electron chi connectivity index (χ4n) is 4.13. The maximum absolute atomic E-state index is 12.9. The van der Waals surface area contributed by atoms with Gasteiger partial charge in [0.15, 0.2) is 6.73 Å². The van der Waals surface area contributed by atoms with Crippen molar-refractivity contribution < 1.29 is 9.13 Å². The van der Waals surface area contributed by atoms with E-state index in [1.54, 1.807) is 12.1 Å². The van der Waals surface area contributed by atoms with Gasteiger partial charge in [0, 0.05) is 6.04 Å². The van der Waals surface area contributed by atoms with Gasteiger partial charge >= 0.3 is 0 Å². The molecule has 0 aromatic heterocycles. The molecule has 0 unspecified atom stereocenters. The Labute approximate surface area is 155 Å². The molecule has 2 aromatic carbocycles. The van der Waals surface area contributed by atoms with Crippen molar-refractivity contribution in [2.24, 2.45) is 0 Å². The second-order valence-corrected chi connectivity index (χ2v) is 7.45. The zero-order chi connectivity index (χ0) is 17.8. The number of hydrogen-bond acceptors (Lipinski definition) is 3. The molecular weight excluding hydrogens is 327 g/mol. The molecule has 0 bridgehead atoms. The summed E-state index contributed by atoms with van der Waals surface area (Å²) in [6, 6.07) is 14.1. The fourth-order valence-corrected chi connectivity index (χ4v) is 4.13. The number of rotatable bonds is 6. The molecule has 0 atom stereocenters. The van der Waals surface area contributed by atoms with Crippen LogP contribution >= 0.6 is 0 Å². The van der Waals surface area contributed by atoms with Gasteiger partial charge in [0.1, 0.15) is 11.6 Å². The van der Waals surface area contributed by atoms with Gasteiger partial charge in [-0.15, -0.1) is 0 Å². The van der Waals surface area contributed by atoms with Crippen molar-refractivity contribution >= 4 is 5.69 Å². The molecule has 138 valence electrons. The van der Waals surface area contributed by atoms with Gasteiger partial charge in [0.2, 0.25) is 0 Å². The van der Waals surface area contributed by atoms with E-state index in [9.17, 15) is 4.39 Å². The van der Waals surface area contributed by atoms with Crippen molar-refractivity contribution in [1.82, 2.24) is 5.32 Å². The Kier molecular flexibility index (Phi) is 5.40. The van der Waals surface area contributed by atoms with Gasteiger partial charge in [-0.25, -0.2) is 4.39 Å². The number of anilines is 1. The molecule has 26 heavy (non-hydrogen) atoms. The average Bonchev–Trinajstić information content (AvgIpc) is 3.15. The van der Waals surface area contributed by atoms with Crippen LogP contribution in [0, 0.1) is 5.82 Å². The lowest BCUT2D eigenvalue weighted by Crippen LogP contribution is -2.33. The highest BCUT2D eigenvalue weighted by atomic mass is 19.1. The second kappa shape index (κ2) is 8.09. The Morgan fingerprint density at radius 1 is 1.04 bits per heavy atom. The Bertz CT molecular complexity index is 723. The number of fused-ring (bicyclic) bond motifs is 1. The Balaban J connectivity index is 1.18. The van der Waals surface area contributed by atoms with Crippen LogP contribution in [0.2, 0.25) is 0 Å². The van der Waals surface area contributed by atoms with Crippen LogP contribution in [0.4, 0.5) is 10.1 Å². The summed E-state index contributed by atoms with van der Waals surface area (Å²) >= 11 is 0. The number of hydrogen-bond donors (Lipinski definition) is 2. The molecule has 4 heteroatoms. The fraction of sp³-hybridized carbons (Fsp3) is 0.455. The number of halogens is 1. The maximum atomic E-state index is 12.9. The molecule has 1 aliphatic heterocycles. The summed E-state index contributed by atoms with van der Waals surface area (Å²) in [4.78, 5) is 0. The summed E-state index contributed by atoms with van der Waals surface area (Å²) in [6.07, 6.45) is 7.05. The van der Waals surface area contributed by atoms with E-state index >= 15 is 0 Å². The Morgan fingerprint density at radius 2 is 1.85 bits per heavy atom. The lowest BCUT2D eigenvalue weighted by Gasteiger charge is -2.29. The summed E-state index contributed by atoms with van der Waals surface area (Å²) in [6.45, 7) is 1.62. The van der Waals surface area contributed by atoms with Crippen LogP contribution in [0.3, 0.4) is 0 Å². The lowest BCUT2D eigenvalue weighted by atomic mass is 9.81. The molecule has 1 fully saturated rings. The Hall–Kier alpha value is -2.07. The van der Waals surface area contributed by atoms with Crippen LogP contribution in [0.1, 0.15) is 49.1 Å². The molecule has 1 heterocycles. The summed E-state index contributed by atoms with van der Waals surface area (Å²) in [5.41, 5.74) is 3.75. The number of ether oxygens (including phenoxy) is 1. The van der Waals surface area contributed by atoms with E-state index in [4.69, 9.17) is 4.74 Å². The zero-order valence-corrected chi connectivity index (χ0v) is 15.1. The van der Waals surface area contributed by atoms with Gasteiger partial charge in [-0.2, -0.15) is 0 Å². The number of nitrogens with one attached hydrogen (secondary N) is 2. The third-order valence-corrected chi connectivity index (χ3v) is 5.68. The molecule has 0 saturated heterocycles. The summed E-state index contributed by atoms with van der Waals surface area (Å²) in [5, 5.41) is 6.94. The smallest absolute Gasteiger partial charge is 0.159 e. The molecule has 0 amide bonds. The highest BCUT2D eigenvalue weighted by Gasteiger charge is 2.23. The normalized spacial score (nSPS) is 21.7. The molecule has 2 N–H and O–H groups in total. The van der Waals surface area contributed by atoms with Crippen LogP contribution in [0.5, 0.6) is 5.75 Å². The van der Waals surface area contributed by atoms with Crippen LogP contribution in [0.25, 0.3) is 0 Å². The van der Waals surface area contributed by atoms with E-state index in [1.807, 2.05) is 12.1 Å². The highest BCUT2D eigenvalue weighted by molar-refractivity contribution is 5.60. The molecule has 1 saturated carbocycles. The first kappa shape index (κ1) is 17.3. The van der Waals surface area contributed by atoms with E-state index in [0.717, 1.165) is 30.8 Å². The molecule has 1 aliphatic carbocycles. The second-order valence-electron chi connectivity index (χ2n) is 7.45. The van der Waals surface area contributed by atoms with E-state index in [0.29, 0.717) is 18.7 Å². The first-order valence-corrected chi connectivity index (χ1v) is 9.76. The van der Waals surface area contributed by atoms with Gasteiger partial charge in [-0.1, -0.05) is 18.2 Å². The molecule has 3 nitrogen and oxygen atoms in total. The van der Waals surface area contributed by atoms with Crippen molar-refractivity contribution in [3.63, 3.8) is 0 Å². The van der Waals surface area contributed by atoms with Crippen molar-refractivity contribution in [3.8, 4) is 5.75 Å². The minimum absolute atomic E-state index is 0.158. The van der Waals surface area contributed by atoms with Crippen molar-refractivity contribution in [3.05, 3.63) is 59.4 Å². The minimum atomic E-state index is -0.158. The third-order valence-electron chi connectivity index (χ3n) is 5.68. The predicted octanol–water partition coefficient (Wildman–Crippen LogP) is 4.84. The van der Waals surface area contributed by atoms with Gasteiger partial charge in [0.05, 0.1) is 5.69 Å². The lowest BCUT2D eigenvalue weighted by molar-refractivity contribution is 0.340. The predicted molar refractivity (Wildman–Crippen MR) is 103 cm³/mol. The van der Waals surface area contributed by atoms with Crippen molar-refractivity contribution in [2.45, 2.75) is 50.5 Å². The largest absolute Gasteiger partial charge is 0.471 e. The first-order valence-electron chi connectivity index (χ1n) is 9.76. The molecule has 0 radical (unpaired) electrons. The topological polar surface area (TPSA) is 33.3 Å². The number of benzene rings is 2. The summed E-state index contributed by atoms with van der Waals surface area (Å²) < 4.78 is 18.5. The third kappa shape index (κ3) is 4.18. The van der Waals surface area contributed by atoms with Crippen LogP contribution in [-0.4, -0.2) is 19.3 Å². The van der Waals surface area contributed by atoms with Crippen LogP contribution in [0.15, 0.2) is 42.5 Å². The van der Waals surface area contributed by atoms with Gasteiger partial charge in [-0.3, -0.25) is 0 Å². The van der Waals surface area contributed by atoms with Gasteiger partial charge in [-0.05, 0) is 86.4 Å². The van der Waals surface area contributed by atoms with Gasteiger partial charge < -0.3 is 15.4 Å². The van der Waals surface area contributed by atoms with Crippen LogP contribution < -0.4 is 15.4 Å². The summed E-state index contributed by atoms with van der Waals surface area (Å²) in [5.74, 6) is 1.50. The summed E-state index contributed by atoms with van der Waals surface area (Å²) in [7, 11) is 0. The highest BCUT2D eigenvalue weighted by Crippen LogP contribution is 2.38. The molecule has 2 aromatic rings. The minimum Gasteiger partial charge on any atom is -0.471 e. The monoisotopic (exact) mass is 354 g/mol. The molecule has 4 rings (SSSR count). The quantitative estimate of drug-likeness (QED) is 0.729. The zero-order valence-electron chi connectivity index (χ0n) is 15.1. The average molecular weight is 354 g/mol. The number of aryl methyl sites for hydroxylation is 1. The molecule has 2 aliphatic rings. The SMILES string of the molecule is Fc1ccc(CCCNC2CCC(c3ccc4c(c3)OCN4)CC2)cc1. The molecular formula is C22H27FN2O. The maximum Gasteiger partial charge on any atom is 0.159 e. The van der Waals surface area contributed by atoms with E-state index in [2.05, 4.69) is 28.8 Å². The molecule has 0 spiro atoms. The standard InChI is InChI=1S/C22H27FN2O/c23-19-8-3-16(4-9-19)2-1-13-24-20-10-5-17(6-11-20)18-7-12-21-22(14-18)26-15-25-21/h3-4,7-9,12,14,17,20,24-25H,1-2,5-6,10-11,13,15H2. The van der Waals surface area contributed by atoms with Crippen molar-refractivity contribution in [1.29, 1.82) is 0 Å².